The van der Waals surface area contributed by atoms with Crippen LogP contribution in [0, 0.1) is 5.82 Å². The van der Waals surface area contributed by atoms with Gasteiger partial charge in [0.15, 0.2) is 0 Å². The molecule has 2 heterocycles. The molecule has 2 aromatic carbocycles. The molecule has 27 heavy (non-hydrogen) atoms. The molecular weight excluding hydrogens is 367 g/mol. The third kappa shape index (κ3) is 3.63. The molecule has 5 nitrogen and oxygen atoms in total. The lowest BCUT2D eigenvalue weighted by Crippen LogP contribution is -2.37. The van der Waals surface area contributed by atoms with Crippen molar-refractivity contribution >= 4 is 20.7 Å². The maximum atomic E-state index is 13.6. The lowest BCUT2D eigenvalue weighted by Gasteiger charge is -2.26. The molecule has 1 N–H and O–H groups in total. The van der Waals surface area contributed by atoms with E-state index in [2.05, 4.69) is 9.88 Å². The van der Waals surface area contributed by atoms with Gasteiger partial charge in [-0.25, -0.2) is 12.8 Å². The van der Waals surface area contributed by atoms with E-state index in [0.717, 1.165) is 56.4 Å². The zero-order valence-electron chi connectivity index (χ0n) is 14.8. The van der Waals surface area contributed by atoms with Crippen LogP contribution >= 0.6 is 0 Å². The number of morpholine rings is 1. The van der Waals surface area contributed by atoms with Crippen LogP contribution in [0.1, 0.15) is 5.56 Å². The van der Waals surface area contributed by atoms with Gasteiger partial charge in [0.1, 0.15) is 5.82 Å². The molecule has 7 heteroatoms. The van der Waals surface area contributed by atoms with E-state index in [0.29, 0.717) is 5.39 Å². The molecule has 0 radical (unpaired) electrons. The Bertz CT molecular complexity index is 1060. The van der Waals surface area contributed by atoms with Gasteiger partial charge in [0.05, 0.1) is 23.0 Å². The number of hydrogen-bond acceptors (Lipinski definition) is 4. The summed E-state index contributed by atoms with van der Waals surface area (Å²) in [6, 6.07) is 10.9. The summed E-state index contributed by atoms with van der Waals surface area (Å²) >= 11 is 0. The summed E-state index contributed by atoms with van der Waals surface area (Å²) in [7, 11) is -3.82. The molecule has 0 amide bonds. The largest absolute Gasteiger partial charge is 0.379 e. The fraction of sp³-hybridized carbons (Fsp3) is 0.300. The van der Waals surface area contributed by atoms with Gasteiger partial charge in [-0.1, -0.05) is 18.2 Å². The molecule has 4 rings (SSSR count). The van der Waals surface area contributed by atoms with Gasteiger partial charge in [-0.2, -0.15) is 0 Å². The summed E-state index contributed by atoms with van der Waals surface area (Å²) < 4.78 is 45.2. The van der Waals surface area contributed by atoms with Gasteiger partial charge in [-0.05, 0) is 36.2 Å². The van der Waals surface area contributed by atoms with Crippen molar-refractivity contribution in [1.29, 1.82) is 0 Å². The van der Waals surface area contributed by atoms with Gasteiger partial charge in [-0.15, -0.1) is 0 Å². The summed E-state index contributed by atoms with van der Waals surface area (Å²) in [5, 5.41) is 0.690. The molecule has 1 fully saturated rings. The number of halogens is 1. The Morgan fingerprint density at radius 2 is 1.89 bits per heavy atom. The summed E-state index contributed by atoms with van der Waals surface area (Å²) in [6.07, 6.45) is 2.24. The van der Waals surface area contributed by atoms with Crippen LogP contribution in [0.25, 0.3) is 10.9 Å². The van der Waals surface area contributed by atoms with E-state index in [9.17, 15) is 12.8 Å². The van der Waals surface area contributed by atoms with Crippen LogP contribution in [0.15, 0.2) is 58.5 Å². The van der Waals surface area contributed by atoms with Crippen LogP contribution in [0.3, 0.4) is 0 Å². The van der Waals surface area contributed by atoms with Gasteiger partial charge in [0.25, 0.3) is 0 Å². The van der Waals surface area contributed by atoms with Crippen LogP contribution in [-0.2, 0) is 21.0 Å². The number of aromatic amines is 1. The minimum atomic E-state index is -3.82. The second-order valence-electron chi connectivity index (χ2n) is 6.66. The Balaban J connectivity index is 1.71. The Kier molecular flexibility index (Phi) is 4.99. The minimum absolute atomic E-state index is 0.0358. The second kappa shape index (κ2) is 7.42. The number of fused-ring (bicyclic) bond motifs is 1. The van der Waals surface area contributed by atoms with E-state index in [-0.39, 0.29) is 9.79 Å². The number of rotatable bonds is 5. The fourth-order valence-corrected chi connectivity index (χ4v) is 5.01. The number of sulfone groups is 1. The van der Waals surface area contributed by atoms with Crippen molar-refractivity contribution in [2.24, 2.45) is 0 Å². The molecule has 0 saturated carbocycles. The van der Waals surface area contributed by atoms with Crippen molar-refractivity contribution in [2.75, 3.05) is 32.8 Å². The maximum Gasteiger partial charge on any atom is 0.208 e. The van der Waals surface area contributed by atoms with E-state index in [4.69, 9.17) is 4.74 Å². The third-order valence-corrected chi connectivity index (χ3v) is 6.73. The number of benzene rings is 2. The zero-order valence-corrected chi connectivity index (χ0v) is 15.6. The smallest absolute Gasteiger partial charge is 0.208 e. The van der Waals surface area contributed by atoms with E-state index in [1.165, 1.54) is 24.4 Å². The second-order valence-corrected chi connectivity index (χ2v) is 8.58. The topological polar surface area (TPSA) is 62.4 Å². The van der Waals surface area contributed by atoms with Gasteiger partial charge in [0, 0.05) is 36.7 Å². The quantitative estimate of drug-likeness (QED) is 0.730. The lowest BCUT2D eigenvalue weighted by atomic mass is 10.1. The first-order valence-electron chi connectivity index (χ1n) is 8.95. The number of nitrogens with zero attached hydrogens (tertiary/aromatic N) is 1. The molecule has 142 valence electrons. The average molecular weight is 388 g/mol. The van der Waals surface area contributed by atoms with Gasteiger partial charge >= 0.3 is 0 Å². The zero-order chi connectivity index (χ0) is 18.9. The summed E-state index contributed by atoms with van der Waals surface area (Å²) in [5.41, 5.74) is 1.74. The number of nitrogens with one attached hydrogen (secondary N) is 1. The standard InChI is InChI=1S/C20H21FN2O3S/c21-16-4-2-5-17(13-16)27(24,25)19-14-22-18-6-1-3-15(20(18)19)7-8-23-9-11-26-12-10-23/h1-6,13-14,22H,7-12H2. The van der Waals surface area contributed by atoms with E-state index >= 15 is 0 Å². The van der Waals surface area contributed by atoms with Crippen LogP contribution in [0.4, 0.5) is 4.39 Å². The van der Waals surface area contributed by atoms with Gasteiger partial charge < -0.3 is 9.72 Å². The van der Waals surface area contributed by atoms with Crippen molar-refractivity contribution in [3.63, 3.8) is 0 Å². The fourth-order valence-electron chi connectivity index (χ4n) is 3.51. The molecule has 3 aromatic rings. The summed E-state index contributed by atoms with van der Waals surface area (Å²) in [4.78, 5) is 5.53. The Morgan fingerprint density at radius 1 is 1.11 bits per heavy atom. The number of ether oxygens (including phenoxy) is 1. The van der Waals surface area contributed by atoms with E-state index < -0.39 is 15.7 Å². The number of hydrogen-bond donors (Lipinski definition) is 1. The highest BCUT2D eigenvalue weighted by molar-refractivity contribution is 7.91. The Labute approximate surface area is 157 Å². The monoisotopic (exact) mass is 388 g/mol. The summed E-state index contributed by atoms with van der Waals surface area (Å²) in [6.45, 7) is 4.07. The summed E-state index contributed by atoms with van der Waals surface area (Å²) in [5.74, 6) is -0.566. The van der Waals surface area contributed by atoms with Gasteiger partial charge in [-0.3, -0.25) is 4.90 Å². The highest BCUT2D eigenvalue weighted by Gasteiger charge is 2.24. The molecule has 0 bridgehead atoms. The van der Waals surface area contributed by atoms with Gasteiger partial charge in [0.2, 0.25) is 9.84 Å². The Hall–Kier alpha value is -2.22. The molecular formula is C20H21FN2O3S. The van der Waals surface area contributed by atoms with Crippen LogP contribution in [0.5, 0.6) is 0 Å². The SMILES string of the molecule is O=S(=O)(c1cccc(F)c1)c1c[nH]c2cccc(CCN3CCOCC3)c12. The predicted octanol–water partition coefficient (Wildman–Crippen LogP) is 3.01. The molecule has 1 aliphatic rings. The molecule has 1 saturated heterocycles. The van der Waals surface area contributed by atoms with Crippen molar-refractivity contribution in [2.45, 2.75) is 16.2 Å². The first-order valence-corrected chi connectivity index (χ1v) is 10.4. The first kappa shape index (κ1) is 18.2. The van der Waals surface area contributed by atoms with Crippen molar-refractivity contribution in [1.82, 2.24) is 9.88 Å². The Morgan fingerprint density at radius 3 is 2.67 bits per heavy atom. The highest BCUT2D eigenvalue weighted by atomic mass is 32.2. The van der Waals surface area contributed by atoms with Crippen LogP contribution in [0.2, 0.25) is 0 Å². The molecule has 0 aliphatic carbocycles. The van der Waals surface area contributed by atoms with Crippen LogP contribution in [-0.4, -0.2) is 51.1 Å². The number of H-pyrrole nitrogens is 1. The minimum Gasteiger partial charge on any atom is -0.379 e. The predicted molar refractivity (Wildman–Crippen MR) is 101 cm³/mol. The molecule has 1 aliphatic heterocycles. The molecule has 0 atom stereocenters. The average Bonchev–Trinajstić information content (AvgIpc) is 3.13. The normalized spacial score (nSPS) is 16.0. The molecule has 0 unspecified atom stereocenters. The third-order valence-electron chi connectivity index (χ3n) is 4.95. The first-order chi connectivity index (χ1) is 13.1. The van der Waals surface area contributed by atoms with Crippen molar-refractivity contribution < 1.29 is 17.5 Å². The van der Waals surface area contributed by atoms with Crippen LogP contribution < -0.4 is 0 Å². The maximum absolute atomic E-state index is 13.6. The van der Waals surface area contributed by atoms with Crippen molar-refractivity contribution in [3.8, 4) is 0 Å². The highest BCUT2D eigenvalue weighted by Crippen LogP contribution is 2.31. The lowest BCUT2D eigenvalue weighted by molar-refractivity contribution is 0.0385. The molecule has 1 aromatic heterocycles. The van der Waals surface area contributed by atoms with E-state index in [1.807, 2.05) is 18.2 Å². The van der Waals surface area contributed by atoms with E-state index in [1.54, 1.807) is 0 Å². The van der Waals surface area contributed by atoms with Crippen molar-refractivity contribution in [3.05, 3.63) is 60.0 Å². The molecule has 0 spiro atoms. The number of aromatic nitrogens is 1.